The van der Waals surface area contributed by atoms with Crippen LogP contribution in [0, 0.1) is 5.92 Å². The Hall–Kier alpha value is -3.00. The fourth-order valence-corrected chi connectivity index (χ4v) is 5.08. The molecule has 3 atom stereocenters. The van der Waals surface area contributed by atoms with E-state index in [1.807, 2.05) is 56.3 Å². The fraction of sp³-hybridized carbons (Fsp3) is 0.444. The molecule has 7 nitrogen and oxygen atoms in total. The van der Waals surface area contributed by atoms with Crippen LogP contribution in [0.3, 0.4) is 0 Å². The van der Waals surface area contributed by atoms with Crippen LogP contribution in [0.2, 0.25) is 0 Å². The van der Waals surface area contributed by atoms with E-state index in [0.717, 1.165) is 41.2 Å². The summed E-state index contributed by atoms with van der Waals surface area (Å²) in [7, 11) is 0. The van der Waals surface area contributed by atoms with Gasteiger partial charge in [0.15, 0.2) is 0 Å². The number of carbonyl (C=O) groups excluding carboxylic acids is 2. The van der Waals surface area contributed by atoms with Crippen molar-refractivity contribution in [3.8, 4) is 0 Å². The summed E-state index contributed by atoms with van der Waals surface area (Å²) in [5, 5.41) is 16.9. The number of nitrogens with one attached hydrogen (secondary N) is 2. The number of fused-ring (bicyclic) bond motifs is 3. The Morgan fingerprint density at radius 2 is 1.77 bits per heavy atom. The van der Waals surface area contributed by atoms with Crippen LogP contribution in [0.5, 0.6) is 0 Å². The van der Waals surface area contributed by atoms with Crippen molar-refractivity contribution in [1.82, 2.24) is 10.6 Å². The van der Waals surface area contributed by atoms with Gasteiger partial charge < -0.3 is 20.2 Å². The monoisotopic (exact) mass is 496 g/mol. The molecule has 0 aliphatic heterocycles. The van der Waals surface area contributed by atoms with E-state index in [2.05, 4.69) is 23.3 Å². The molecule has 1 aliphatic carbocycles. The second-order valence-corrected chi connectivity index (χ2v) is 10.2. The molecular weight excluding hydrogens is 464 g/mol. The molecule has 1 aliphatic rings. The van der Waals surface area contributed by atoms with Crippen molar-refractivity contribution < 1.29 is 23.9 Å². The highest BCUT2D eigenvalue weighted by Gasteiger charge is 2.44. The first-order valence-corrected chi connectivity index (χ1v) is 12.7. The van der Waals surface area contributed by atoms with Crippen LogP contribution in [0.25, 0.3) is 21.9 Å². The quantitative estimate of drug-likeness (QED) is 0.327. The number of amides is 2. The Kier molecular flexibility index (Phi) is 7.40. The van der Waals surface area contributed by atoms with Gasteiger partial charge in [-0.05, 0) is 36.5 Å². The van der Waals surface area contributed by atoms with Gasteiger partial charge in [0.25, 0.3) is 0 Å². The second kappa shape index (κ2) is 10.3. The van der Waals surface area contributed by atoms with Crippen LogP contribution in [-0.2, 0) is 20.8 Å². The number of para-hydroxylation sites is 1. The number of rotatable bonds is 9. The van der Waals surface area contributed by atoms with Crippen molar-refractivity contribution >= 4 is 52.4 Å². The predicted molar refractivity (Wildman–Crippen MR) is 139 cm³/mol. The molecule has 1 aromatic heterocycles. The third-order valence-corrected chi connectivity index (χ3v) is 7.94. The average Bonchev–Trinajstić information content (AvgIpc) is 3.47. The Morgan fingerprint density at radius 3 is 2.46 bits per heavy atom. The zero-order chi connectivity index (χ0) is 25.2. The second-order valence-electron chi connectivity index (χ2n) is 9.61. The number of furan rings is 1. The molecule has 35 heavy (non-hydrogen) atoms. The lowest BCUT2D eigenvalue weighted by Gasteiger charge is -2.32. The highest BCUT2D eigenvalue weighted by atomic mass is 32.1. The van der Waals surface area contributed by atoms with Gasteiger partial charge in [-0.2, -0.15) is 12.6 Å². The number of thiol groups is 1. The van der Waals surface area contributed by atoms with E-state index in [1.54, 1.807) is 0 Å². The molecule has 3 N–H and O–H groups in total. The third kappa shape index (κ3) is 5.17. The van der Waals surface area contributed by atoms with Gasteiger partial charge in [0.1, 0.15) is 22.7 Å². The summed E-state index contributed by atoms with van der Waals surface area (Å²) in [5.74, 6) is -1.82. The zero-order valence-electron chi connectivity index (χ0n) is 20.0. The number of benzene rings is 2. The Balaban J connectivity index is 1.52. The molecular formula is C27H32N2O5S. The summed E-state index contributed by atoms with van der Waals surface area (Å²) < 4.78 is 5.92. The lowest BCUT2D eigenvalue weighted by molar-refractivity contribution is -0.143. The summed E-state index contributed by atoms with van der Waals surface area (Å²) in [5.41, 5.74) is 1.06. The number of aliphatic carboxylic acids is 1. The van der Waals surface area contributed by atoms with E-state index in [9.17, 15) is 19.5 Å². The van der Waals surface area contributed by atoms with Crippen LogP contribution in [0.15, 0.2) is 46.9 Å². The van der Waals surface area contributed by atoms with Crippen molar-refractivity contribution in [3.63, 3.8) is 0 Å². The van der Waals surface area contributed by atoms with Crippen LogP contribution < -0.4 is 10.6 Å². The van der Waals surface area contributed by atoms with E-state index >= 15 is 0 Å². The number of carbonyl (C=O) groups is 3. The van der Waals surface area contributed by atoms with E-state index in [0.29, 0.717) is 18.4 Å². The maximum Gasteiger partial charge on any atom is 0.326 e. The molecule has 1 saturated carbocycles. The molecule has 2 aromatic carbocycles. The minimum Gasteiger partial charge on any atom is -0.480 e. The van der Waals surface area contributed by atoms with Gasteiger partial charge in [0.2, 0.25) is 11.8 Å². The number of carboxylic acid groups (broad SMARTS) is 1. The SMILES string of the molecule is CC[C@@H](C)[C@H](S)C(=O)NC1(C(=O)N[C@@H](Cc2ccc3c(c2)oc2ccccc23)C(=O)O)CCCC1. The Labute approximate surface area is 210 Å². The van der Waals surface area contributed by atoms with Gasteiger partial charge in [-0.3, -0.25) is 9.59 Å². The molecule has 186 valence electrons. The van der Waals surface area contributed by atoms with Crippen molar-refractivity contribution in [3.05, 3.63) is 48.0 Å². The van der Waals surface area contributed by atoms with Crippen LogP contribution >= 0.6 is 12.6 Å². The summed E-state index contributed by atoms with van der Waals surface area (Å²) in [6.07, 6.45) is 3.41. The lowest BCUT2D eigenvalue weighted by atomic mass is 9.93. The zero-order valence-corrected chi connectivity index (χ0v) is 20.9. The van der Waals surface area contributed by atoms with E-state index in [1.165, 1.54) is 0 Å². The highest BCUT2D eigenvalue weighted by molar-refractivity contribution is 7.81. The minimum absolute atomic E-state index is 0.0554. The van der Waals surface area contributed by atoms with Gasteiger partial charge in [-0.1, -0.05) is 63.4 Å². The molecule has 1 fully saturated rings. The van der Waals surface area contributed by atoms with Crippen molar-refractivity contribution in [2.75, 3.05) is 0 Å². The summed E-state index contributed by atoms with van der Waals surface area (Å²) in [4.78, 5) is 38.3. The summed E-state index contributed by atoms with van der Waals surface area (Å²) in [6, 6.07) is 12.2. The number of hydrogen-bond donors (Lipinski definition) is 4. The first kappa shape index (κ1) is 25.1. The van der Waals surface area contributed by atoms with Gasteiger partial charge in [0.05, 0.1) is 5.25 Å². The minimum atomic E-state index is -1.14. The van der Waals surface area contributed by atoms with Gasteiger partial charge in [0, 0.05) is 17.2 Å². The fourth-order valence-electron chi connectivity index (χ4n) is 4.81. The maximum atomic E-state index is 13.4. The smallest absolute Gasteiger partial charge is 0.326 e. The van der Waals surface area contributed by atoms with Gasteiger partial charge in [-0.25, -0.2) is 4.79 Å². The largest absolute Gasteiger partial charge is 0.480 e. The number of carboxylic acids is 1. The average molecular weight is 497 g/mol. The molecule has 4 rings (SSSR count). The van der Waals surface area contributed by atoms with E-state index in [-0.39, 0.29) is 18.2 Å². The van der Waals surface area contributed by atoms with Gasteiger partial charge >= 0.3 is 5.97 Å². The standard InChI is InChI=1S/C27H32N2O5S/c1-3-16(2)23(35)24(30)29-27(12-6-7-13-27)26(33)28-20(25(31)32)14-17-10-11-19-18-8-4-5-9-21(18)34-22(19)15-17/h4-5,8-11,15-16,20,23,35H,3,6-7,12-14H2,1-2H3,(H,28,33)(H,29,30)(H,31,32)/t16-,20+,23+/m1/s1. The third-order valence-electron chi connectivity index (χ3n) is 7.19. The summed E-state index contributed by atoms with van der Waals surface area (Å²) in [6.45, 7) is 3.93. The Bertz CT molecular complexity index is 1250. The van der Waals surface area contributed by atoms with E-state index in [4.69, 9.17) is 4.42 Å². The Morgan fingerprint density at radius 1 is 1.09 bits per heavy atom. The lowest BCUT2D eigenvalue weighted by Crippen LogP contribution is -2.61. The molecule has 0 unspecified atom stereocenters. The first-order chi connectivity index (χ1) is 16.7. The van der Waals surface area contributed by atoms with Crippen LogP contribution in [0.4, 0.5) is 0 Å². The highest BCUT2D eigenvalue weighted by Crippen LogP contribution is 2.32. The van der Waals surface area contributed by atoms with Crippen molar-refractivity contribution in [2.24, 2.45) is 5.92 Å². The maximum absolute atomic E-state index is 13.4. The molecule has 0 saturated heterocycles. The van der Waals surface area contributed by atoms with Gasteiger partial charge in [-0.15, -0.1) is 0 Å². The molecule has 1 heterocycles. The molecule has 3 aromatic rings. The van der Waals surface area contributed by atoms with Crippen LogP contribution in [-0.4, -0.2) is 39.7 Å². The number of hydrogen-bond acceptors (Lipinski definition) is 5. The molecule has 8 heteroatoms. The predicted octanol–water partition coefficient (Wildman–Crippen LogP) is 4.47. The first-order valence-electron chi connectivity index (χ1n) is 12.2. The van der Waals surface area contributed by atoms with Crippen molar-refractivity contribution in [2.45, 2.75) is 69.2 Å². The normalized spacial score (nSPS) is 17.7. The van der Waals surface area contributed by atoms with E-state index < -0.39 is 28.7 Å². The molecule has 0 bridgehead atoms. The summed E-state index contributed by atoms with van der Waals surface area (Å²) >= 11 is 4.45. The molecule has 2 amide bonds. The van der Waals surface area contributed by atoms with Crippen LogP contribution in [0.1, 0.15) is 51.5 Å². The van der Waals surface area contributed by atoms with Crippen molar-refractivity contribution in [1.29, 1.82) is 0 Å². The molecule has 0 radical (unpaired) electrons. The molecule has 0 spiro atoms. The topological polar surface area (TPSA) is 109 Å².